The number of carbonyl (C=O) groups excluding carboxylic acids is 1. The quantitative estimate of drug-likeness (QED) is 0.865. The van der Waals surface area contributed by atoms with Gasteiger partial charge in [0.25, 0.3) is 5.91 Å². The van der Waals surface area contributed by atoms with Crippen molar-refractivity contribution in [1.82, 2.24) is 4.90 Å². The van der Waals surface area contributed by atoms with Crippen LogP contribution in [0.3, 0.4) is 0 Å². The molecule has 0 atom stereocenters. The Labute approximate surface area is 101 Å². The molecule has 1 N–H and O–H groups in total. The first-order valence-corrected chi connectivity index (χ1v) is 5.46. The number of nitrogens with zero attached hydrogens (tertiary/aromatic N) is 1. The van der Waals surface area contributed by atoms with Crippen LogP contribution in [0, 0.1) is 0 Å². The molecule has 0 saturated heterocycles. The van der Waals surface area contributed by atoms with E-state index in [-0.39, 0.29) is 23.1 Å². The molecule has 4 heteroatoms. The lowest BCUT2D eigenvalue weighted by Crippen LogP contribution is -2.22. The van der Waals surface area contributed by atoms with Crippen LogP contribution in [0.15, 0.2) is 12.1 Å². The van der Waals surface area contributed by atoms with Crippen molar-refractivity contribution in [2.24, 2.45) is 0 Å². The lowest BCUT2D eigenvalue weighted by atomic mass is 9.98. The predicted octanol–water partition coefficient (Wildman–Crippen LogP) is 2.87. The van der Waals surface area contributed by atoms with Gasteiger partial charge in [-0.15, -0.1) is 0 Å². The van der Waals surface area contributed by atoms with E-state index in [0.29, 0.717) is 10.6 Å². The van der Waals surface area contributed by atoms with Gasteiger partial charge in [0.1, 0.15) is 5.75 Å². The van der Waals surface area contributed by atoms with Crippen molar-refractivity contribution in [2.45, 2.75) is 19.8 Å². The molecule has 1 amide bonds. The van der Waals surface area contributed by atoms with Crippen molar-refractivity contribution in [3.8, 4) is 5.75 Å². The molecule has 3 nitrogen and oxygen atoms in total. The van der Waals surface area contributed by atoms with Crippen molar-refractivity contribution in [3.05, 3.63) is 28.3 Å². The summed E-state index contributed by atoms with van der Waals surface area (Å²) in [5.41, 5.74) is 0.943. The van der Waals surface area contributed by atoms with Gasteiger partial charge in [0.05, 0.1) is 5.56 Å². The topological polar surface area (TPSA) is 40.5 Å². The van der Waals surface area contributed by atoms with Crippen LogP contribution < -0.4 is 0 Å². The Morgan fingerprint density at radius 3 is 2.38 bits per heavy atom. The van der Waals surface area contributed by atoms with Gasteiger partial charge < -0.3 is 10.0 Å². The van der Waals surface area contributed by atoms with Gasteiger partial charge in [-0.2, -0.15) is 0 Å². The summed E-state index contributed by atoms with van der Waals surface area (Å²) < 4.78 is 0. The second-order valence-corrected chi connectivity index (χ2v) is 4.68. The Bertz CT molecular complexity index is 414. The van der Waals surface area contributed by atoms with E-state index >= 15 is 0 Å². The number of carbonyl (C=O) groups is 1. The van der Waals surface area contributed by atoms with Gasteiger partial charge in [0.15, 0.2) is 0 Å². The third kappa shape index (κ3) is 2.47. The molecule has 0 unspecified atom stereocenters. The number of amides is 1. The number of aromatic hydroxyl groups is 1. The van der Waals surface area contributed by atoms with E-state index in [0.717, 1.165) is 0 Å². The predicted molar refractivity (Wildman–Crippen MR) is 65.2 cm³/mol. The van der Waals surface area contributed by atoms with E-state index in [9.17, 15) is 9.90 Å². The zero-order valence-corrected chi connectivity index (χ0v) is 10.7. The monoisotopic (exact) mass is 241 g/mol. The molecule has 0 aliphatic rings. The molecule has 1 aromatic rings. The van der Waals surface area contributed by atoms with Crippen molar-refractivity contribution in [2.75, 3.05) is 14.1 Å². The Kier molecular flexibility index (Phi) is 3.81. The Morgan fingerprint density at radius 1 is 1.38 bits per heavy atom. The zero-order valence-electron chi connectivity index (χ0n) is 9.91. The highest BCUT2D eigenvalue weighted by molar-refractivity contribution is 6.31. The van der Waals surface area contributed by atoms with E-state index in [1.807, 2.05) is 13.8 Å². The lowest BCUT2D eigenvalue weighted by Gasteiger charge is -2.16. The average Bonchev–Trinajstić information content (AvgIpc) is 2.19. The summed E-state index contributed by atoms with van der Waals surface area (Å²) in [6.07, 6.45) is 0. The van der Waals surface area contributed by atoms with Crippen LogP contribution in [-0.2, 0) is 0 Å². The fraction of sp³-hybridized carbons (Fsp3) is 0.417. The molecular formula is C12H16ClNO2. The number of rotatable bonds is 2. The van der Waals surface area contributed by atoms with E-state index in [4.69, 9.17) is 11.6 Å². The maximum absolute atomic E-state index is 11.8. The normalized spacial score (nSPS) is 10.6. The standard InChI is InChI=1S/C12H16ClNO2/c1-7(2)9-5-8(13)6-10(11(9)15)12(16)14(3)4/h5-7,15H,1-4H3. The van der Waals surface area contributed by atoms with Gasteiger partial charge >= 0.3 is 0 Å². The second-order valence-electron chi connectivity index (χ2n) is 4.25. The second kappa shape index (κ2) is 4.74. The van der Waals surface area contributed by atoms with Crippen molar-refractivity contribution in [1.29, 1.82) is 0 Å². The molecule has 0 bridgehead atoms. The van der Waals surface area contributed by atoms with Crippen molar-refractivity contribution >= 4 is 17.5 Å². The highest BCUT2D eigenvalue weighted by Crippen LogP contribution is 2.32. The fourth-order valence-electron chi connectivity index (χ4n) is 1.46. The molecule has 1 rings (SSSR count). The molecule has 0 aliphatic heterocycles. The van der Waals surface area contributed by atoms with Crippen LogP contribution in [0.4, 0.5) is 0 Å². The minimum atomic E-state index is -0.248. The molecule has 0 spiro atoms. The minimum Gasteiger partial charge on any atom is -0.507 e. The summed E-state index contributed by atoms with van der Waals surface area (Å²) in [4.78, 5) is 13.2. The van der Waals surface area contributed by atoms with Crippen LogP contribution in [0.5, 0.6) is 5.75 Å². The van der Waals surface area contributed by atoms with E-state index in [1.54, 1.807) is 20.2 Å². The van der Waals surface area contributed by atoms with E-state index < -0.39 is 0 Å². The van der Waals surface area contributed by atoms with Gasteiger partial charge in [-0.05, 0) is 23.6 Å². The maximum Gasteiger partial charge on any atom is 0.257 e. The summed E-state index contributed by atoms with van der Waals surface area (Å²) in [7, 11) is 3.27. The smallest absolute Gasteiger partial charge is 0.257 e. The van der Waals surface area contributed by atoms with Gasteiger partial charge in [-0.1, -0.05) is 25.4 Å². The highest BCUT2D eigenvalue weighted by Gasteiger charge is 2.18. The fourth-order valence-corrected chi connectivity index (χ4v) is 1.69. The number of halogens is 1. The van der Waals surface area contributed by atoms with Crippen LogP contribution in [0.2, 0.25) is 5.02 Å². The maximum atomic E-state index is 11.8. The Morgan fingerprint density at radius 2 is 1.94 bits per heavy atom. The summed E-state index contributed by atoms with van der Waals surface area (Å²) >= 11 is 5.93. The van der Waals surface area contributed by atoms with Crippen molar-refractivity contribution < 1.29 is 9.90 Å². The van der Waals surface area contributed by atoms with Crippen LogP contribution in [0.1, 0.15) is 35.7 Å². The zero-order chi connectivity index (χ0) is 12.5. The summed E-state index contributed by atoms with van der Waals surface area (Å²) in [6.45, 7) is 3.88. The molecule has 0 saturated carbocycles. The van der Waals surface area contributed by atoms with Crippen LogP contribution in [-0.4, -0.2) is 30.0 Å². The summed E-state index contributed by atoms with van der Waals surface area (Å²) in [5, 5.41) is 10.5. The highest BCUT2D eigenvalue weighted by atomic mass is 35.5. The first-order valence-electron chi connectivity index (χ1n) is 5.08. The molecule has 0 aromatic heterocycles. The summed E-state index contributed by atoms with van der Waals surface area (Å²) in [6, 6.07) is 3.18. The van der Waals surface area contributed by atoms with Crippen LogP contribution >= 0.6 is 11.6 Å². The van der Waals surface area contributed by atoms with E-state index in [2.05, 4.69) is 0 Å². The number of hydrogen-bond donors (Lipinski definition) is 1. The number of hydrogen-bond acceptors (Lipinski definition) is 2. The van der Waals surface area contributed by atoms with Gasteiger partial charge in [-0.3, -0.25) is 4.79 Å². The van der Waals surface area contributed by atoms with Crippen molar-refractivity contribution in [3.63, 3.8) is 0 Å². The molecule has 0 heterocycles. The number of phenols is 1. The molecule has 1 aromatic carbocycles. The first-order chi connectivity index (χ1) is 7.34. The summed E-state index contributed by atoms with van der Waals surface area (Å²) in [5.74, 6) is -0.104. The van der Waals surface area contributed by atoms with Gasteiger partial charge in [0, 0.05) is 19.1 Å². The third-order valence-electron chi connectivity index (χ3n) is 2.36. The molecular weight excluding hydrogens is 226 g/mol. The Balaban J connectivity index is 3.35. The third-order valence-corrected chi connectivity index (χ3v) is 2.58. The Hall–Kier alpha value is -1.22. The van der Waals surface area contributed by atoms with E-state index in [1.165, 1.54) is 11.0 Å². The minimum absolute atomic E-state index is 0.0260. The largest absolute Gasteiger partial charge is 0.507 e. The number of benzene rings is 1. The van der Waals surface area contributed by atoms with Gasteiger partial charge in [-0.25, -0.2) is 0 Å². The molecule has 0 radical (unpaired) electrons. The molecule has 0 aliphatic carbocycles. The molecule has 0 fully saturated rings. The van der Waals surface area contributed by atoms with Crippen LogP contribution in [0.25, 0.3) is 0 Å². The molecule has 16 heavy (non-hydrogen) atoms. The lowest BCUT2D eigenvalue weighted by molar-refractivity contribution is 0.0824. The average molecular weight is 242 g/mol. The molecule has 88 valence electrons. The number of phenolic OH excluding ortho intramolecular Hbond substituents is 1. The first kappa shape index (κ1) is 12.8. The SMILES string of the molecule is CC(C)c1cc(Cl)cc(C(=O)N(C)C)c1O. The van der Waals surface area contributed by atoms with Gasteiger partial charge in [0.2, 0.25) is 0 Å².